The fourth-order valence-electron chi connectivity index (χ4n) is 2.83. The van der Waals surface area contributed by atoms with Crippen LogP contribution in [-0.2, 0) is 16.0 Å². The monoisotopic (exact) mass is 340 g/mol. The highest BCUT2D eigenvalue weighted by molar-refractivity contribution is 7.99. The number of amides is 2. The zero-order valence-electron chi connectivity index (χ0n) is 13.5. The second kappa shape index (κ2) is 7.53. The van der Waals surface area contributed by atoms with Crippen LogP contribution in [0.3, 0.4) is 0 Å². The van der Waals surface area contributed by atoms with E-state index in [1.807, 2.05) is 48.2 Å². The van der Waals surface area contributed by atoms with Crippen LogP contribution in [0.25, 0.3) is 0 Å². The summed E-state index contributed by atoms with van der Waals surface area (Å²) in [6.45, 7) is 1.47. The summed E-state index contributed by atoms with van der Waals surface area (Å²) in [5.41, 5.74) is 2.88. The summed E-state index contributed by atoms with van der Waals surface area (Å²) in [4.78, 5) is 24.6. The molecule has 1 aliphatic rings. The second-order valence-electron chi connectivity index (χ2n) is 5.85. The van der Waals surface area contributed by atoms with Gasteiger partial charge in [0.05, 0.1) is 12.5 Å². The molecular weight excluding hydrogens is 320 g/mol. The summed E-state index contributed by atoms with van der Waals surface area (Å²) in [6, 6.07) is 15.7. The van der Waals surface area contributed by atoms with Crippen molar-refractivity contribution in [3.05, 3.63) is 59.7 Å². The van der Waals surface area contributed by atoms with E-state index in [4.69, 9.17) is 0 Å². The van der Waals surface area contributed by atoms with Crippen LogP contribution < -0.4 is 10.6 Å². The van der Waals surface area contributed by atoms with Crippen molar-refractivity contribution in [2.45, 2.75) is 30.7 Å². The summed E-state index contributed by atoms with van der Waals surface area (Å²) in [5, 5.41) is 5.87. The minimum atomic E-state index is -0.102. The molecule has 1 heterocycles. The molecule has 5 heteroatoms. The van der Waals surface area contributed by atoms with Crippen molar-refractivity contribution in [3.8, 4) is 0 Å². The van der Waals surface area contributed by atoms with Gasteiger partial charge in [0.25, 0.3) is 0 Å². The molecule has 0 unspecified atom stereocenters. The first-order chi connectivity index (χ1) is 11.6. The average Bonchev–Trinajstić information content (AvgIpc) is 2.56. The largest absolute Gasteiger partial charge is 0.349 e. The maximum absolute atomic E-state index is 12.4. The van der Waals surface area contributed by atoms with E-state index in [9.17, 15) is 9.59 Å². The number of carbonyl (C=O) groups excluding carboxylic acids is 2. The first-order valence-corrected chi connectivity index (χ1v) is 8.98. The second-order valence-corrected chi connectivity index (χ2v) is 6.99. The van der Waals surface area contributed by atoms with Crippen LogP contribution in [0.2, 0.25) is 0 Å². The van der Waals surface area contributed by atoms with E-state index in [0.29, 0.717) is 6.42 Å². The van der Waals surface area contributed by atoms with Crippen molar-refractivity contribution in [2.24, 2.45) is 0 Å². The highest BCUT2D eigenvalue weighted by atomic mass is 32.2. The van der Waals surface area contributed by atoms with Crippen LogP contribution in [0.1, 0.15) is 30.5 Å². The SMILES string of the molecule is CC(=O)Nc1ccc(CC(=O)N[C@H]2CCSc3ccccc32)cc1. The van der Waals surface area contributed by atoms with Gasteiger partial charge in [-0.3, -0.25) is 9.59 Å². The van der Waals surface area contributed by atoms with E-state index in [0.717, 1.165) is 23.4 Å². The Balaban J connectivity index is 1.61. The summed E-state index contributed by atoms with van der Waals surface area (Å²) in [6.07, 6.45) is 1.29. The Labute approximate surface area is 146 Å². The van der Waals surface area contributed by atoms with Crippen molar-refractivity contribution < 1.29 is 9.59 Å². The molecule has 0 fully saturated rings. The summed E-state index contributed by atoms with van der Waals surface area (Å²) < 4.78 is 0. The number of thioether (sulfide) groups is 1. The first-order valence-electron chi connectivity index (χ1n) is 7.99. The zero-order chi connectivity index (χ0) is 16.9. The van der Waals surface area contributed by atoms with Crippen LogP contribution in [-0.4, -0.2) is 17.6 Å². The Kier molecular flexibility index (Phi) is 5.20. The molecule has 2 aromatic rings. The Bertz CT molecular complexity index is 743. The predicted octanol–water partition coefficient (Wildman–Crippen LogP) is 3.54. The number of hydrogen-bond acceptors (Lipinski definition) is 3. The lowest BCUT2D eigenvalue weighted by Gasteiger charge is -2.25. The van der Waals surface area contributed by atoms with Gasteiger partial charge in [0, 0.05) is 23.3 Å². The van der Waals surface area contributed by atoms with Gasteiger partial charge in [0.1, 0.15) is 0 Å². The molecule has 24 heavy (non-hydrogen) atoms. The van der Waals surface area contributed by atoms with Crippen LogP contribution in [0.4, 0.5) is 5.69 Å². The average molecular weight is 340 g/mol. The number of rotatable bonds is 4. The predicted molar refractivity (Wildman–Crippen MR) is 97.1 cm³/mol. The van der Waals surface area contributed by atoms with Crippen LogP contribution in [0.15, 0.2) is 53.4 Å². The van der Waals surface area contributed by atoms with Gasteiger partial charge < -0.3 is 10.6 Å². The Morgan fingerprint density at radius 3 is 2.62 bits per heavy atom. The normalized spacial score (nSPS) is 16.1. The first kappa shape index (κ1) is 16.6. The van der Waals surface area contributed by atoms with Gasteiger partial charge >= 0.3 is 0 Å². The number of carbonyl (C=O) groups is 2. The van der Waals surface area contributed by atoms with E-state index >= 15 is 0 Å². The highest BCUT2D eigenvalue weighted by Gasteiger charge is 2.21. The van der Waals surface area contributed by atoms with E-state index in [1.165, 1.54) is 17.4 Å². The Hall–Kier alpha value is -2.27. The summed E-state index contributed by atoms with van der Waals surface area (Å²) in [5.74, 6) is 0.941. The molecule has 1 atom stereocenters. The molecule has 2 N–H and O–H groups in total. The van der Waals surface area contributed by atoms with Crippen molar-refractivity contribution in [1.82, 2.24) is 5.32 Å². The highest BCUT2D eigenvalue weighted by Crippen LogP contribution is 2.35. The van der Waals surface area contributed by atoms with Gasteiger partial charge in [-0.05, 0) is 35.7 Å². The van der Waals surface area contributed by atoms with Gasteiger partial charge in [0.2, 0.25) is 11.8 Å². The third kappa shape index (κ3) is 4.17. The molecule has 0 aliphatic carbocycles. The van der Waals surface area contributed by atoms with Gasteiger partial charge in [-0.15, -0.1) is 11.8 Å². The van der Waals surface area contributed by atoms with Gasteiger partial charge in [-0.2, -0.15) is 0 Å². The van der Waals surface area contributed by atoms with E-state index < -0.39 is 0 Å². The lowest BCUT2D eigenvalue weighted by molar-refractivity contribution is -0.121. The van der Waals surface area contributed by atoms with E-state index in [2.05, 4.69) is 22.8 Å². The molecule has 2 amide bonds. The van der Waals surface area contributed by atoms with E-state index in [1.54, 1.807) is 0 Å². The van der Waals surface area contributed by atoms with Gasteiger partial charge in [0.15, 0.2) is 0 Å². The van der Waals surface area contributed by atoms with Crippen molar-refractivity contribution in [1.29, 1.82) is 0 Å². The van der Waals surface area contributed by atoms with Gasteiger partial charge in [-0.25, -0.2) is 0 Å². The molecule has 3 rings (SSSR count). The number of benzene rings is 2. The summed E-state index contributed by atoms with van der Waals surface area (Å²) >= 11 is 1.84. The van der Waals surface area contributed by atoms with E-state index in [-0.39, 0.29) is 17.9 Å². The molecule has 2 aromatic carbocycles. The lowest BCUT2D eigenvalue weighted by Crippen LogP contribution is -2.31. The molecular formula is C19H20N2O2S. The van der Waals surface area contributed by atoms with Crippen LogP contribution in [0.5, 0.6) is 0 Å². The molecule has 4 nitrogen and oxygen atoms in total. The zero-order valence-corrected chi connectivity index (χ0v) is 14.4. The smallest absolute Gasteiger partial charge is 0.224 e. The molecule has 0 bridgehead atoms. The molecule has 0 spiro atoms. The third-order valence-electron chi connectivity index (χ3n) is 3.93. The molecule has 0 radical (unpaired) electrons. The Morgan fingerprint density at radius 2 is 1.88 bits per heavy atom. The van der Waals surface area contributed by atoms with Crippen molar-refractivity contribution >= 4 is 29.3 Å². The van der Waals surface area contributed by atoms with Gasteiger partial charge in [-0.1, -0.05) is 30.3 Å². The maximum atomic E-state index is 12.4. The molecule has 0 aromatic heterocycles. The lowest BCUT2D eigenvalue weighted by atomic mass is 10.0. The third-order valence-corrected chi connectivity index (χ3v) is 5.06. The molecule has 0 saturated heterocycles. The topological polar surface area (TPSA) is 58.2 Å². The number of fused-ring (bicyclic) bond motifs is 1. The summed E-state index contributed by atoms with van der Waals surface area (Å²) in [7, 11) is 0. The minimum Gasteiger partial charge on any atom is -0.349 e. The fraction of sp³-hybridized carbons (Fsp3) is 0.263. The minimum absolute atomic E-state index is 0.0222. The van der Waals surface area contributed by atoms with Crippen LogP contribution in [0, 0.1) is 0 Å². The number of hydrogen-bond donors (Lipinski definition) is 2. The number of nitrogens with one attached hydrogen (secondary N) is 2. The fourth-order valence-corrected chi connectivity index (χ4v) is 3.96. The van der Waals surface area contributed by atoms with Crippen LogP contribution >= 0.6 is 11.8 Å². The quantitative estimate of drug-likeness (QED) is 0.895. The van der Waals surface area contributed by atoms with Crippen molar-refractivity contribution in [2.75, 3.05) is 11.1 Å². The van der Waals surface area contributed by atoms with Crippen molar-refractivity contribution in [3.63, 3.8) is 0 Å². The molecule has 1 aliphatic heterocycles. The standard InChI is InChI=1S/C19H20N2O2S/c1-13(22)20-15-8-6-14(7-9-15)12-19(23)21-17-10-11-24-18-5-3-2-4-16(17)18/h2-9,17H,10-12H2,1H3,(H,20,22)(H,21,23)/t17-/m0/s1. The number of anilines is 1. The maximum Gasteiger partial charge on any atom is 0.224 e. The molecule has 124 valence electrons. The Morgan fingerprint density at radius 1 is 1.12 bits per heavy atom. The molecule has 0 saturated carbocycles.